The van der Waals surface area contributed by atoms with E-state index in [9.17, 15) is 13.2 Å². The normalized spacial score (nSPS) is 23.9. The standard InChI is InChI=1S/C23H36N2O3S/c1-18-13-19(2)16-25(15-18)17-21-9-7-20(8-10-21)14-24-23(26)11-12-29(27,28)22-5-3-4-6-22/h7-10,18-19,22H,3-6,11-17H2,1-2H3,(H,24,26). The van der Waals surface area contributed by atoms with E-state index in [2.05, 4.69) is 48.3 Å². The number of likely N-dealkylation sites (tertiary alicyclic amines) is 1. The van der Waals surface area contributed by atoms with Gasteiger partial charge in [0.05, 0.1) is 11.0 Å². The van der Waals surface area contributed by atoms with Gasteiger partial charge in [-0.2, -0.15) is 0 Å². The molecule has 1 aromatic rings. The fourth-order valence-electron chi connectivity index (χ4n) is 4.88. The number of piperidine rings is 1. The number of carbonyl (C=O) groups excluding carboxylic acids is 1. The van der Waals surface area contributed by atoms with Crippen molar-refractivity contribution < 1.29 is 13.2 Å². The first-order valence-electron chi connectivity index (χ1n) is 11.1. The van der Waals surface area contributed by atoms with Gasteiger partial charge in [0.2, 0.25) is 5.91 Å². The molecule has 29 heavy (non-hydrogen) atoms. The third-order valence-electron chi connectivity index (χ3n) is 6.29. The molecule has 1 heterocycles. The fourth-order valence-corrected chi connectivity index (χ4v) is 6.73. The van der Waals surface area contributed by atoms with Crippen LogP contribution in [0.5, 0.6) is 0 Å². The van der Waals surface area contributed by atoms with Crippen LogP contribution in [0.2, 0.25) is 0 Å². The fraction of sp³-hybridized carbons (Fsp3) is 0.696. The zero-order valence-electron chi connectivity index (χ0n) is 17.9. The molecule has 3 rings (SSSR count). The van der Waals surface area contributed by atoms with Crippen LogP contribution < -0.4 is 5.32 Å². The van der Waals surface area contributed by atoms with Crippen LogP contribution in [0.3, 0.4) is 0 Å². The highest BCUT2D eigenvalue weighted by Crippen LogP contribution is 2.25. The maximum Gasteiger partial charge on any atom is 0.221 e. The van der Waals surface area contributed by atoms with Gasteiger partial charge in [0, 0.05) is 32.6 Å². The van der Waals surface area contributed by atoms with E-state index in [1.807, 2.05) is 0 Å². The van der Waals surface area contributed by atoms with Gasteiger partial charge in [-0.3, -0.25) is 9.69 Å². The summed E-state index contributed by atoms with van der Waals surface area (Å²) in [4.78, 5) is 14.6. The number of benzene rings is 1. The first-order chi connectivity index (χ1) is 13.8. The maximum absolute atomic E-state index is 12.3. The summed E-state index contributed by atoms with van der Waals surface area (Å²) in [6.45, 7) is 8.39. The monoisotopic (exact) mass is 420 g/mol. The van der Waals surface area contributed by atoms with E-state index in [0.717, 1.165) is 62.7 Å². The van der Waals surface area contributed by atoms with Gasteiger partial charge in [-0.15, -0.1) is 0 Å². The number of hydrogen-bond acceptors (Lipinski definition) is 4. The van der Waals surface area contributed by atoms with Gasteiger partial charge in [0.1, 0.15) is 0 Å². The molecule has 0 spiro atoms. The van der Waals surface area contributed by atoms with Crippen LogP contribution in [0.1, 0.15) is 63.5 Å². The Morgan fingerprint density at radius 2 is 1.62 bits per heavy atom. The number of amides is 1. The molecule has 1 N–H and O–H groups in total. The van der Waals surface area contributed by atoms with Gasteiger partial charge in [-0.05, 0) is 42.2 Å². The molecule has 1 saturated heterocycles. The molecule has 6 heteroatoms. The smallest absolute Gasteiger partial charge is 0.221 e. The highest BCUT2D eigenvalue weighted by Gasteiger charge is 2.28. The largest absolute Gasteiger partial charge is 0.352 e. The van der Waals surface area contributed by atoms with Crippen LogP contribution in [0, 0.1) is 11.8 Å². The molecule has 0 radical (unpaired) electrons. The molecule has 1 aliphatic carbocycles. The van der Waals surface area contributed by atoms with Crippen molar-refractivity contribution in [3.05, 3.63) is 35.4 Å². The van der Waals surface area contributed by atoms with E-state index in [1.165, 1.54) is 12.0 Å². The van der Waals surface area contributed by atoms with Crippen molar-refractivity contribution in [2.75, 3.05) is 18.8 Å². The van der Waals surface area contributed by atoms with Crippen LogP contribution >= 0.6 is 0 Å². The average Bonchev–Trinajstić information content (AvgIpc) is 3.21. The number of sulfone groups is 1. The molecule has 2 aliphatic rings. The minimum Gasteiger partial charge on any atom is -0.352 e. The van der Waals surface area contributed by atoms with Crippen molar-refractivity contribution in [1.82, 2.24) is 10.2 Å². The molecule has 2 unspecified atom stereocenters. The lowest BCUT2D eigenvalue weighted by molar-refractivity contribution is -0.120. The Hall–Kier alpha value is -1.40. The van der Waals surface area contributed by atoms with Crippen molar-refractivity contribution in [3.63, 3.8) is 0 Å². The summed E-state index contributed by atoms with van der Waals surface area (Å²) < 4.78 is 24.5. The highest BCUT2D eigenvalue weighted by atomic mass is 32.2. The molecule has 1 amide bonds. The Balaban J connectivity index is 1.41. The summed E-state index contributed by atoms with van der Waals surface area (Å²) in [6.07, 6.45) is 4.86. The van der Waals surface area contributed by atoms with E-state index in [1.54, 1.807) is 0 Å². The predicted molar refractivity (Wildman–Crippen MR) is 117 cm³/mol. The summed E-state index contributed by atoms with van der Waals surface area (Å²) in [5.41, 5.74) is 2.34. The summed E-state index contributed by atoms with van der Waals surface area (Å²) in [5, 5.41) is 2.63. The van der Waals surface area contributed by atoms with Crippen molar-refractivity contribution in [2.45, 2.75) is 70.7 Å². The first-order valence-corrected chi connectivity index (χ1v) is 12.8. The lowest BCUT2D eigenvalue weighted by atomic mass is 9.91. The summed E-state index contributed by atoms with van der Waals surface area (Å²) in [5.74, 6) is 1.29. The molecule has 2 atom stereocenters. The van der Waals surface area contributed by atoms with Gasteiger partial charge in [-0.25, -0.2) is 8.42 Å². The van der Waals surface area contributed by atoms with E-state index in [4.69, 9.17) is 0 Å². The van der Waals surface area contributed by atoms with E-state index >= 15 is 0 Å². The maximum atomic E-state index is 12.3. The Labute approximate surface area is 176 Å². The van der Waals surface area contributed by atoms with Gasteiger partial charge in [-0.1, -0.05) is 51.0 Å². The van der Waals surface area contributed by atoms with Crippen molar-refractivity contribution in [3.8, 4) is 0 Å². The molecule has 1 aromatic carbocycles. The zero-order valence-corrected chi connectivity index (χ0v) is 18.7. The molecule has 2 fully saturated rings. The number of hydrogen-bond donors (Lipinski definition) is 1. The second kappa shape index (κ2) is 10.1. The Bertz CT molecular complexity index is 760. The quantitative estimate of drug-likeness (QED) is 0.699. The SMILES string of the molecule is CC1CC(C)CN(Cc2ccc(CNC(=O)CCS(=O)(=O)C3CCCC3)cc2)C1. The first kappa shape index (κ1) is 22.3. The molecule has 5 nitrogen and oxygen atoms in total. The topological polar surface area (TPSA) is 66.5 Å². The van der Waals surface area contributed by atoms with Gasteiger partial charge in [0.15, 0.2) is 9.84 Å². The zero-order chi connectivity index (χ0) is 20.9. The molecular formula is C23H36N2O3S. The van der Waals surface area contributed by atoms with E-state index in [-0.39, 0.29) is 23.3 Å². The van der Waals surface area contributed by atoms with E-state index < -0.39 is 9.84 Å². The molecule has 0 bridgehead atoms. The van der Waals surface area contributed by atoms with Gasteiger partial charge >= 0.3 is 0 Å². The number of nitrogens with zero attached hydrogens (tertiary/aromatic N) is 1. The molecular weight excluding hydrogens is 384 g/mol. The molecule has 1 saturated carbocycles. The minimum atomic E-state index is -3.13. The van der Waals surface area contributed by atoms with Crippen molar-refractivity contribution in [2.24, 2.45) is 11.8 Å². The lowest BCUT2D eigenvalue weighted by Gasteiger charge is -2.35. The number of nitrogens with one attached hydrogen (secondary N) is 1. The number of rotatable bonds is 8. The third-order valence-corrected chi connectivity index (χ3v) is 8.55. The van der Waals surface area contributed by atoms with Crippen molar-refractivity contribution in [1.29, 1.82) is 0 Å². The Morgan fingerprint density at radius 3 is 2.24 bits per heavy atom. The summed E-state index contributed by atoms with van der Waals surface area (Å²) in [6, 6.07) is 8.38. The molecule has 162 valence electrons. The van der Waals surface area contributed by atoms with Gasteiger partial charge in [0.25, 0.3) is 0 Å². The summed E-state index contributed by atoms with van der Waals surface area (Å²) in [7, 11) is -3.13. The minimum absolute atomic E-state index is 0.0326. The summed E-state index contributed by atoms with van der Waals surface area (Å²) >= 11 is 0. The Morgan fingerprint density at radius 1 is 1.03 bits per heavy atom. The third kappa shape index (κ3) is 6.82. The Kier molecular flexibility index (Phi) is 7.74. The predicted octanol–water partition coefficient (Wildman–Crippen LogP) is 3.53. The lowest BCUT2D eigenvalue weighted by Crippen LogP contribution is -2.38. The van der Waals surface area contributed by atoms with E-state index in [0.29, 0.717) is 6.54 Å². The van der Waals surface area contributed by atoms with Crippen LogP contribution in [0.15, 0.2) is 24.3 Å². The van der Waals surface area contributed by atoms with Crippen LogP contribution in [0.4, 0.5) is 0 Å². The second-order valence-electron chi connectivity index (χ2n) is 9.26. The average molecular weight is 421 g/mol. The van der Waals surface area contributed by atoms with Crippen LogP contribution in [-0.4, -0.2) is 43.3 Å². The van der Waals surface area contributed by atoms with Crippen LogP contribution in [0.25, 0.3) is 0 Å². The molecule has 0 aromatic heterocycles. The second-order valence-corrected chi connectivity index (χ2v) is 11.7. The van der Waals surface area contributed by atoms with Crippen molar-refractivity contribution >= 4 is 15.7 Å². The van der Waals surface area contributed by atoms with Crippen LogP contribution in [-0.2, 0) is 27.7 Å². The highest BCUT2D eigenvalue weighted by molar-refractivity contribution is 7.92. The molecule has 1 aliphatic heterocycles. The van der Waals surface area contributed by atoms with Gasteiger partial charge < -0.3 is 5.32 Å². The number of carbonyl (C=O) groups is 1.